The summed E-state index contributed by atoms with van der Waals surface area (Å²) in [7, 11) is 1.62. The largest absolute Gasteiger partial charge is 0.497 e. The second-order valence-electron chi connectivity index (χ2n) is 5.55. The number of methoxy groups -OCH3 is 1. The van der Waals surface area contributed by atoms with Crippen LogP contribution >= 0.6 is 34.9 Å². The molecule has 0 bridgehead atoms. The molecule has 3 aromatic heterocycles. The molecule has 0 saturated heterocycles. The van der Waals surface area contributed by atoms with Crippen LogP contribution in [0.1, 0.15) is 11.3 Å². The highest BCUT2D eigenvalue weighted by atomic mass is 35.5. The SMILES string of the molecule is COc1cccc(-c2nnc(Sc3snc(Cl)c3C#N)n2Cc2ccco2)c1. The number of furan rings is 1. The summed E-state index contributed by atoms with van der Waals surface area (Å²) in [6.45, 7) is 0.434. The summed E-state index contributed by atoms with van der Waals surface area (Å²) in [5.41, 5.74) is 1.19. The van der Waals surface area contributed by atoms with Gasteiger partial charge in [-0.3, -0.25) is 4.57 Å². The molecular weight excluding hydrogens is 418 g/mol. The monoisotopic (exact) mass is 429 g/mol. The Morgan fingerprint density at radius 1 is 1.32 bits per heavy atom. The van der Waals surface area contributed by atoms with E-state index in [1.165, 1.54) is 11.8 Å². The van der Waals surface area contributed by atoms with Crippen LogP contribution in [0.3, 0.4) is 0 Å². The lowest BCUT2D eigenvalue weighted by Gasteiger charge is -2.09. The van der Waals surface area contributed by atoms with Gasteiger partial charge >= 0.3 is 0 Å². The van der Waals surface area contributed by atoms with Gasteiger partial charge < -0.3 is 9.15 Å². The molecule has 28 heavy (non-hydrogen) atoms. The number of rotatable bonds is 6. The molecule has 0 aliphatic rings. The van der Waals surface area contributed by atoms with Gasteiger partial charge in [0.2, 0.25) is 0 Å². The van der Waals surface area contributed by atoms with Crippen LogP contribution in [0.4, 0.5) is 0 Å². The second-order valence-corrected chi connectivity index (χ2v) is 7.92. The average Bonchev–Trinajstić information content (AvgIpc) is 3.44. The van der Waals surface area contributed by atoms with E-state index >= 15 is 0 Å². The van der Waals surface area contributed by atoms with Crippen molar-refractivity contribution in [3.63, 3.8) is 0 Å². The first kappa shape index (κ1) is 18.6. The number of halogens is 1. The highest BCUT2D eigenvalue weighted by Gasteiger charge is 2.20. The van der Waals surface area contributed by atoms with Crippen LogP contribution in [0.25, 0.3) is 11.4 Å². The maximum absolute atomic E-state index is 9.33. The number of hydrogen-bond donors (Lipinski definition) is 0. The molecule has 0 saturated carbocycles. The third-order valence-electron chi connectivity index (χ3n) is 3.85. The summed E-state index contributed by atoms with van der Waals surface area (Å²) in [4.78, 5) is 0. The normalized spacial score (nSPS) is 10.8. The van der Waals surface area contributed by atoms with E-state index < -0.39 is 0 Å². The first-order valence-corrected chi connectivity index (χ1v) is 9.99. The molecule has 0 N–H and O–H groups in total. The van der Waals surface area contributed by atoms with Gasteiger partial charge in [0.15, 0.2) is 16.1 Å². The van der Waals surface area contributed by atoms with E-state index in [1.807, 2.05) is 41.0 Å². The maximum atomic E-state index is 9.33. The van der Waals surface area contributed by atoms with Crippen LogP contribution in [-0.4, -0.2) is 26.2 Å². The van der Waals surface area contributed by atoms with E-state index in [0.29, 0.717) is 27.3 Å². The number of nitrogens with zero attached hydrogens (tertiary/aromatic N) is 5. The Bertz CT molecular complexity index is 1150. The van der Waals surface area contributed by atoms with E-state index in [-0.39, 0.29) is 5.15 Å². The Labute approximate surface area is 173 Å². The molecule has 4 aromatic rings. The van der Waals surface area contributed by atoms with Crippen LogP contribution in [0.5, 0.6) is 5.75 Å². The molecule has 140 valence electrons. The van der Waals surface area contributed by atoms with E-state index in [9.17, 15) is 5.26 Å². The summed E-state index contributed by atoms with van der Waals surface area (Å²) in [5.74, 6) is 2.14. The maximum Gasteiger partial charge on any atom is 0.197 e. The molecule has 0 radical (unpaired) electrons. The van der Waals surface area contributed by atoms with E-state index in [0.717, 1.165) is 28.6 Å². The van der Waals surface area contributed by atoms with Gasteiger partial charge in [-0.15, -0.1) is 10.2 Å². The number of nitriles is 1. The minimum Gasteiger partial charge on any atom is -0.497 e. The number of aromatic nitrogens is 4. The van der Waals surface area contributed by atoms with Gasteiger partial charge in [-0.25, -0.2) is 0 Å². The smallest absolute Gasteiger partial charge is 0.197 e. The molecule has 0 spiro atoms. The van der Waals surface area contributed by atoms with Crippen molar-refractivity contribution in [1.29, 1.82) is 5.26 Å². The predicted molar refractivity (Wildman–Crippen MR) is 106 cm³/mol. The quantitative estimate of drug-likeness (QED) is 0.437. The van der Waals surface area contributed by atoms with Gasteiger partial charge in [0.25, 0.3) is 0 Å². The lowest BCUT2D eigenvalue weighted by atomic mass is 10.2. The Balaban J connectivity index is 1.78. The summed E-state index contributed by atoms with van der Waals surface area (Å²) in [5, 5.41) is 18.8. The van der Waals surface area contributed by atoms with Crippen molar-refractivity contribution >= 4 is 34.9 Å². The highest BCUT2D eigenvalue weighted by molar-refractivity contribution is 8.01. The predicted octanol–water partition coefficient (Wildman–Crippen LogP) is 4.73. The summed E-state index contributed by atoms with van der Waals surface area (Å²) in [6.07, 6.45) is 1.62. The Morgan fingerprint density at radius 3 is 2.96 bits per heavy atom. The summed E-state index contributed by atoms with van der Waals surface area (Å²) < 4.78 is 17.5. The zero-order chi connectivity index (χ0) is 19.5. The first-order chi connectivity index (χ1) is 13.7. The van der Waals surface area contributed by atoms with Gasteiger partial charge in [-0.05, 0) is 47.6 Å². The zero-order valence-electron chi connectivity index (χ0n) is 14.5. The molecule has 0 unspecified atom stereocenters. The van der Waals surface area contributed by atoms with E-state index in [2.05, 4.69) is 20.6 Å². The van der Waals surface area contributed by atoms with Gasteiger partial charge in [0.1, 0.15) is 27.4 Å². The molecule has 4 rings (SSSR count). The Kier molecular flexibility index (Phi) is 5.34. The molecule has 3 heterocycles. The van der Waals surface area contributed by atoms with E-state index in [4.69, 9.17) is 20.8 Å². The fourth-order valence-electron chi connectivity index (χ4n) is 2.54. The van der Waals surface area contributed by atoms with Crippen molar-refractivity contribution in [2.75, 3.05) is 7.11 Å². The lowest BCUT2D eigenvalue weighted by Crippen LogP contribution is -2.03. The van der Waals surface area contributed by atoms with Crippen LogP contribution in [-0.2, 0) is 6.54 Å². The molecule has 0 atom stereocenters. The highest BCUT2D eigenvalue weighted by Crippen LogP contribution is 2.37. The van der Waals surface area contributed by atoms with Crippen molar-refractivity contribution in [3.05, 3.63) is 59.1 Å². The number of hydrogen-bond acceptors (Lipinski definition) is 8. The van der Waals surface area contributed by atoms with E-state index in [1.54, 1.807) is 13.4 Å². The molecular formula is C18H12ClN5O2S2. The topological polar surface area (TPSA) is 89.8 Å². The minimum absolute atomic E-state index is 0.195. The number of benzene rings is 1. The van der Waals surface area contributed by atoms with Gasteiger partial charge in [-0.2, -0.15) is 9.64 Å². The van der Waals surface area contributed by atoms with Crippen LogP contribution in [0.2, 0.25) is 5.15 Å². The molecule has 1 aromatic carbocycles. The van der Waals surface area contributed by atoms with Crippen molar-refractivity contribution in [2.24, 2.45) is 0 Å². The standard InChI is InChI=1S/C18H12ClN5O2S2/c1-25-12-5-2-4-11(8-12)16-21-22-18(24(16)10-13-6-3-7-26-13)27-17-14(9-20)15(19)23-28-17/h2-8H,10H2,1H3. The molecule has 0 amide bonds. The molecule has 0 fully saturated rings. The average molecular weight is 430 g/mol. The fraction of sp³-hybridized carbons (Fsp3) is 0.111. The van der Waals surface area contributed by atoms with Gasteiger partial charge in [0, 0.05) is 5.56 Å². The Hall–Kier alpha value is -2.80. The third kappa shape index (κ3) is 3.62. The van der Waals surface area contributed by atoms with Crippen molar-refractivity contribution in [2.45, 2.75) is 15.9 Å². The van der Waals surface area contributed by atoms with Crippen molar-refractivity contribution < 1.29 is 9.15 Å². The van der Waals surface area contributed by atoms with Crippen molar-refractivity contribution in [1.82, 2.24) is 19.1 Å². The van der Waals surface area contributed by atoms with Crippen LogP contribution < -0.4 is 4.74 Å². The molecule has 0 aliphatic carbocycles. The van der Waals surface area contributed by atoms with Crippen LogP contribution in [0.15, 0.2) is 56.4 Å². The van der Waals surface area contributed by atoms with Crippen LogP contribution in [0, 0.1) is 11.3 Å². The second kappa shape index (κ2) is 8.06. The van der Waals surface area contributed by atoms with Gasteiger partial charge in [-0.1, -0.05) is 23.7 Å². The molecule has 7 nitrogen and oxygen atoms in total. The van der Waals surface area contributed by atoms with Gasteiger partial charge in [0.05, 0.1) is 19.9 Å². The fourth-order valence-corrected chi connectivity index (χ4v) is 4.62. The Morgan fingerprint density at radius 2 is 2.21 bits per heavy atom. The summed E-state index contributed by atoms with van der Waals surface area (Å²) >= 11 is 8.45. The third-order valence-corrected chi connectivity index (χ3v) is 6.22. The zero-order valence-corrected chi connectivity index (χ0v) is 16.9. The molecule has 0 aliphatic heterocycles. The first-order valence-electron chi connectivity index (χ1n) is 8.02. The summed E-state index contributed by atoms with van der Waals surface area (Å²) in [6, 6.07) is 13.4. The van der Waals surface area contributed by atoms with Crippen molar-refractivity contribution in [3.8, 4) is 23.2 Å². The number of ether oxygens (including phenoxy) is 1. The minimum atomic E-state index is 0.195. The molecule has 10 heteroatoms. The lowest BCUT2D eigenvalue weighted by molar-refractivity contribution is 0.415.